The molecule has 0 aliphatic rings. The maximum Gasteiger partial charge on any atom is 0.164 e. The Bertz CT molecular complexity index is 3180. The van der Waals surface area contributed by atoms with Gasteiger partial charge in [0.1, 0.15) is 11.2 Å². The zero-order chi connectivity index (χ0) is 37.0. The van der Waals surface area contributed by atoms with Crippen LogP contribution in [0, 0.1) is 0 Å². The Kier molecular flexibility index (Phi) is 7.64. The van der Waals surface area contributed by atoms with Crippen LogP contribution in [-0.4, -0.2) is 15.0 Å². The van der Waals surface area contributed by atoms with Crippen molar-refractivity contribution in [3.05, 3.63) is 188 Å². The van der Waals surface area contributed by atoms with E-state index in [1.165, 1.54) is 31.3 Å². The summed E-state index contributed by atoms with van der Waals surface area (Å²) in [7, 11) is 0. The molecular formula is C51H31N3OS. The minimum absolute atomic E-state index is 0.621. The van der Waals surface area contributed by atoms with E-state index in [4.69, 9.17) is 19.4 Å². The summed E-state index contributed by atoms with van der Waals surface area (Å²) >= 11 is 1.85. The number of hydrogen-bond acceptors (Lipinski definition) is 5. The molecule has 11 aromatic rings. The fourth-order valence-electron chi connectivity index (χ4n) is 7.81. The van der Waals surface area contributed by atoms with Gasteiger partial charge in [-0.1, -0.05) is 152 Å². The lowest BCUT2D eigenvalue weighted by Crippen LogP contribution is -2.00. The molecule has 0 radical (unpaired) electrons. The third kappa shape index (κ3) is 5.56. The predicted molar refractivity (Wildman–Crippen MR) is 233 cm³/mol. The van der Waals surface area contributed by atoms with Crippen LogP contribution >= 0.6 is 11.3 Å². The second-order valence-electron chi connectivity index (χ2n) is 14.0. The van der Waals surface area contributed by atoms with Crippen LogP contribution in [-0.2, 0) is 0 Å². The number of thiophene rings is 1. The highest BCUT2D eigenvalue weighted by Crippen LogP contribution is 2.43. The van der Waals surface area contributed by atoms with Gasteiger partial charge < -0.3 is 4.42 Å². The highest BCUT2D eigenvalue weighted by atomic mass is 32.1. The molecule has 0 fully saturated rings. The molecule has 56 heavy (non-hydrogen) atoms. The van der Waals surface area contributed by atoms with Gasteiger partial charge in [0.15, 0.2) is 17.5 Å². The van der Waals surface area contributed by atoms with Crippen LogP contribution in [0.4, 0.5) is 0 Å². The highest BCUT2D eigenvalue weighted by molar-refractivity contribution is 7.25. The molecule has 11 rings (SSSR count). The summed E-state index contributed by atoms with van der Waals surface area (Å²) in [5, 5.41) is 4.78. The molecule has 0 unspecified atom stereocenters. The minimum Gasteiger partial charge on any atom is -0.455 e. The van der Waals surface area contributed by atoms with E-state index in [1.807, 2.05) is 84.1 Å². The SMILES string of the molecule is c1ccc(-c2nc(-c3ccccc3)nc(-c3cccc(-c4ccc(-c5ccc(-c6ccc7sc8ccccc8c7c6)cc5)c5oc6ccccc6c45)c3)n2)cc1. The molecule has 262 valence electrons. The van der Waals surface area contributed by atoms with Crippen molar-refractivity contribution in [2.24, 2.45) is 0 Å². The molecule has 4 nitrogen and oxygen atoms in total. The van der Waals surface area contributed by atoms with E-state index in [2.05, 4.69) is 115 Å². The van der Waals surface area contributed by atoms with Crippen molar-refractivity contribution in [2.45, 2.75) is 0 Å². The lowest BCUT2D eigenvalue weighted by molar-refractivity contribution is 0.670. The van der Waals surface area contributed by atoms with Crippen LogP contribution in [0.1, 0.15) is 0 Å². The standard InChI is InChI=1S/C51H31N3OS/c1-3-12-34(13-4-1)49-52-50(35-14-5-2-6-15-35)54-51(53-49)38-17-11-16-37(30-38)39-27-28-40(48-47(39)42-19-7-9-20-44(42)55-48)33-24-22-32(23-25-33)36-26-29-46-43(31-36)41-18-8-10-21-45(41)56-46/h1-31H. The zero-order valence-electron chi connectivity index (χ0n) is 30.1. The Labute approximate surface area is 327 Å². The number of hydrogen-bond donors (Lipinski definition) is 0. The Hall–Kier alpha value is -7.21. The fraction of sp³-hybridized carbons (Fsp3) is 0. The van der Waals surface area contributed by atoms with Crippen molar-refractivity contribution in [2.75, 3.05) is 0 Å². The van der Waals surface area contributed by atoms with Gasteiger partial charge in [-0.3, -0.25) is 0 Å². The first-order valence-electron chi connectivity index (χ1n) is 18.7. The van der Waals surface area contributed by atoms with Crippen LogP contribution in [0.5, 0.6) is 0 Å². The van der Waals surface area contributed by atoms with Crippen molar-refractivity contribution >= 4 is 53.4 Å². The number of para-hydroxylation sites is 1. The summed E-state index contributed by atoms with van der Waals surface area (Å²) in [6.45, 7) is 0. The molecule has 0 spiro atoms. The minimum atomic E-state index is 0.621. The fourth-order valence-corrected chi connectivity index (χ4v) is 8.89. The smallest absolute Gasteiger partial charge is 0.164 e. The second kappa shape index (κ2) is 13.3. The number of fused-ring (bicyclic) bond motifs is 6. The lowest BCUT2D eigenvalue weighted by atomic mass is 9.93. The van der Waals surface area contributed by atoms with Crippen molar-refractivity contribution in [3.63, 3.8) is 0 Å². The van der Waals surface area contributed by atoms with E-state index < -0.39 is 0 Å². The Balaban J connectivity index is 1.01. The van der Waals surface area contributed by atoms with Gasteiger partial charge in [0.05, 0.1) is 0 Å². The molecule has 0 N–H and O–H groups in total. The molecule has 0 amide bonds. The summed E-state index contributed by atoms with van der Waals surface area (Å²) < 4.78 is 9.34. The second-order valence-corrected chi connectivity index (χ2v) is 15.1. The first kappa shape index (κ1) is 32.2. The molecule has 3 aromatic heterocycles. The molecular weight excluding hydrogens is 703 g/mol. The summed E-state index contributed by atoms with van der Waals surface area (Å²) in [5.41, 5.74) is 11.2. The lowest BCUT2D eigenvalue weighted by Gasteiger charge is -2.11. The molecule has 0 bridgehead atoms. The number of benzene rings is 8. The third-order valence-corrected chi connectivity index (χ3v) is 11.7. The van der Waals surface area contributed by atoms with Crippen LogP contribution in [0.2, 0.25) is 0 Å². The normalized spacial score (nSPS) is 11.6. The van der Waals surface area contributed by atoms with Gasteiger partial charge in [0, 0.05) is 53.2 Å². The maximum absolute atomic E-state index is 6.71. The molecule has 5 heteroatoms. The van der Waals surface area contributed by atoms with Crippen LogP contribution in [0.25, 0.3) is 110 Å². The van der Waals surface area contributed by atoms with Gasteiger partial charge in [-0.15, -0.1) is 11.3 Å². The molecule has 8 aromatic carbocycles. The average Bonchev–Trinajstić information content (AvgIpc) is 3.85. The van der Waals surface area contributed by atoms with Crippen molar-refractivity contribution in [1.29, 1.82) is 0 Å². The van der Waals surface area contributed by atoms with Gasteiger partial charge in [-0.05, 0) is 64.2 Å². The average molecular weight is 734 g/mol. The summed E-state index contributed by atoms with van der Waals surface area (Å²) in [6.07, 6.45) is 0. The summed E-state index contributed by atoms with van der Waals surface area (Å²) in [5.74, 6) is 1.90. The van der Waals surface area contributed by atoms with E-state index in [-0.39, 0.29) is 0 Å². The monoisotopic (exact) mass is 733 g/mol. The van der Waals surface area contributed by atoms with Crippen LogP contribution in [0.3, 0.4) is 0 Å². The molecule has 0 aliphatic heterocycles. The largest absolute Gasteiger partial charge is 0.455 e. The number of furan rings is 1. The highest BCUT2D eigenvalue weighted by Gasteiger charge is 2.19. The van der Waals surface area contributed by atoms with E-state index in [0.29, 0.717) is 17.5 Å². The molecule has 0 aliphatic carbocycles. The third-order valence-electron chi connectivity index (χ3n) is 10.6. The topological polar surface area (TPSA) is 51.8 Å². The van der Waals surface area contributed by atoms with Crippen molar-refractivity contribution in [1.82, 2.24) is 15.0 Å². The van der Waals surface area contributed by atoms with Gasteiger partial charge >= 0.3 is 0 Å². The van der Waals surface area contributed by atoms with Gasteiger partial charge in [0.2, 0.25) is 0 Å². The quantitative estimate of drug-likeness (QED) is 0.171. The van der Waals surface area contributed by atoms with Crippen molar-refractivity contribution in [3.8, 4) is 67.5 Å². The summed E-state index contributed by atoms with van der Waals surface area (Å²) in [6, 6.07) is 65.7. The van der Waals surface area contributed by atoms with Crippen LogP contribution in [0.15, 0.2) is 192 Å². The van der Waals surface area contributed by atoms with E-state index >= 15 is 0 Å². The number of aromatic nitrogens is 3. The van der Waals surface area contributed by atoms with E-state index in [9.17, 15) is 0 Å². The Morgan fingerprint density at radius 1 is 0.339 bits per heavy atom. The molecule has 3 heterocycles. The molecule has 0 atom stereocenters. The predicted octanol–water partition coefficient (Wildman–Crippen LogP) is 14.1. The van der Waals surface area contributed by atoms with E-state index in [1.54, 1.807) is 0 Å². The number of rotatable bonds is 6. The van der Waals surface area contributed by atoms with Gasteiger partial charge in [-0.2, -0.15) is 0 Å². The maximum atomic E-state index is 6.71. The molecule has 0 saturated heterocycles. The Morgan fingerprint density at radius 3 is 1.64 bits per heavy atom. The Morgan fingerprint density at radius 2 is 0.893 bits per heavy atom. The summed E-state index contributed by atoms with van der Waals surface area (Å²) in [4.78, 5) is 14.9. The molecule has 0 saturated carbocycles. The zero-order valence-corrected chi connectivity index (χ0v) is 30.9. The first-order valence-corrected chi connectivity index (χ1v) is 19.5. The van der Waals surface area contributed by atoms with Crippen molar-refractivity contribution < 1.29 is 4.42 Å². The number of nitrogens with zero attached hydrogens (tertiary/aromatic N) is 3. The van der Waals surface area contributed by atoms with Crippen LogP contribution < -0.4 is 0 Å². The van der Waals surface area contributed by atoms with Gasteiger partial charge in [0.25, 0.3) is 0 Å². The first-order chi connectivity index (χ1) is 27.7. The van der Waals surface area contributed by atoms with E-state index in [0.717, 1.165) is 60.9 Å². The van der Waals surface area contributed by atoms with Gasteiger partial charge in [-0.25, -0.2) is 15.0 Å².